The van der Waals surface area contributed by atoms with E-state index in [4.69, 9.17) is 9.72 Å². The third-order valence-corrected chi connectivity index (χ3v) is 8.49. The van der Waals surface area contributed by atoms with Gasteiger partial charge in [-0.15, -0.1) is 11.3 Å². The highest BCUT2D eigenvalue weighted by Gasteiger charge is 2.23. The first kappa shape index (κ1) is 27.9. The molecule has 4 heterocycles. The van der Waals surface area contributed by atoms with E-state index in [9.17, 15) is 14.0 Å². The Morgan fingerprint density at radius 2 is 1.76 bits per heavy atom. The number of thiophene rings is 1. The standard InChI is InChI=1S/C30H32FN7O3S/c1-32-29(39)35-20-9-12-38(13-10-20)17-18-2-6-23(34-16-18)27-15-24-28(42-27)26(8-11-33-24)41-25-7-5-21(14-22(25)31)37-30(40)36-19-3-4-19/h2,5-8,11,14-16,19-20H,3-4,9-10,12-13,17H2,1H3,(H2,32,35,39)(H2,36,37,40). The summed E-state index contributed by atoms with van der Waals surface area (Å²) in [7, 11) is 1.63. The molecule has 1 aliphatic heterocycles. The molecular formula is C30H32FN7O3S. The largest absolute Gasteiger partial charge is 0.453 e. The topological polar surface area (TPSA) is 121 Å². The fourth-order valence-corrected chi connectivity index (χ4v) is 5.94. The molecule has 10 nitrogen and oxygen atoms in total. The number of piperidine rings is 1. The van der Waals surface area contributed by atoms with Crippen molar-refractivity contribution in [3.05, 3.63) is 66.2 Å². The number of nitrogens with one attached hydrogen (secondary N) is 4. The van der Waals surface area contributed by atoms with Crippen molar-refractivity contribution < 1.29 is 18.7 Å². The molecule has 0 unspecified atom stereocenters. The average Bonchev–Trinajstić information content (AvgIpc) is 3.69. The van der Waals surface area contributed by atoms with E-state index < -0.39 is 5.82 Å². The molecule has 4 N–H and O–H groups in total. The number of rotatable bonds is 8. The van der Waals surface area contributed by atoms with Gasteiger partial charge in [0.05, 0.1) is 20.8 Å². The summed E-state index contributed by atoms with van der Waals surface area (Å²) in [4.78, 5) is 36.0. The van der Waals surface area contributed by atoms with Crippen LogP contribution in [0.25, 0.3) is 20.8 Å². The summed E-state index contributed by atoms with van der Waals surface area (Å²) in [5.41, 5.74) is 3.04. The molecule has 4 amide bonds. The molecule has 1 aromatic carbocycles. The Balaban J connectivity index is 1.09. The molecule has 0 radical (unpaired) electrons. The van der Waals surface area contributed by atoms with E-state index in [-0.39, 0.29) is 29.9 Å². The first-order valence-corrected chi connectivity index (χ1v) is 14.8. The SMILES string of the molecule is CNC(=O)NC1CCN(Cc2ccc(-c3cc4nccc(Oc5ccc(NC(=O)NC6CC6)cc5F)c4s3)nc2)CC1. The van der Waals surface area contributed by atoms with Gasteiger partial charge in [0.2, 0.25) is 0 Å². The lowest BCUT2D eigenvalue weighted by atomic mass is 10.0. The van der Waals surface area contributed by atoms with Crippen molar-refractivity contribution in [2.75, 3.05) is 25.5 Å². The second-order valence-corrected chi connectivity index (χ2v) is 11.6. The lowest BCUT2D eigenvalue weighted by Gasteiger charge is -2.32. The lowest BCUT2D eigenvalue weighted by molar-refractivity contribution is 0.187. The molecule has 1 aliphatic carbocycles. The van der Waals surface area contributed by atoms with Crippen LogP contribution < -0.4 is 26.0 Å². The smallest absolute Gasteiger partial charge is 0.319 e. The van der Waals surface area contributed by atoms with Crippen molar-refractivity contribution in [1.82, 2.24) is 30.8 Å². The van der Waals surface area contributed by atoms with Crippen LogP contribution in [0.4, 0.5) is 19.7 Å². The number of benzene rings is 1. The number of fused-ring (bicyclic) bond motifs is 1. The van der Waals surface area contributed by atoms with Crippen LogP contribution in [0.5, 0.6) is 11.5 Å². The van der Waals surface area contributed by atoms with Crippen molar-refractivity contribution in [2.24, 2.45) is 0 Å². The number of aromatic nitrogens is 2. The Morgan fingerprint density at radius 3 is 2.48 bits per heavy atom. The van der Waals surface area contributed by atoms with E-state index in [2.05, 4.69) is 37.2 Å². The Morgan fingerprint density at radius 1 is 0.976 bits per heavy atom. The van der Waals surface area contributed by atoms with Gasteiger partial charge in [0.1, 0.15) is 5.75 Å². The highest BCUT2D eigenvalue weighted by atomic mass is 32.1. The van der Waals surface area contributed by atoms with Crippen molar-refractivity contribution in [3.63, 3.8) is 0 Å². The number of hydrogen-bond donors (Lipinski definition) is 4. The molecule has 0 atom stereocenters. The normalized spacial score (nSPS) is 15.8. The molecule has 2 aliphatic rings. The zero-order valence-electron chi connectivity index (χ0n) is 23.2. The summed E-state index contributed by atoms with van der Waals surface area (Å²) in [6.07, 6.45) is 7.31. The molecule has 0 spiro atoms. The molecule has 12 heteroatoms. The quantitative estimate of drug-likeness (QED) is 0.216. The van der Waals surface area contributed by atoms with Crippen LogP contribution in [0, 0.1) is 5.82 Å². The van der Waals surface area contributed by atoms with Gasteiger partial charge >= 0.3 is 12.1 Å². The zero-order valence-corrected chi connectivity index (χ0v) is 24.0. The second kappa shape index (κ2) is 12.3. The summed E-state index contributed by atoms with van der Waals surface area (Å²) in [6, 6.07) is 12.1. The maximum Gasteiger partial charge on any atom is 0.319 e. The van der Waals surface area contributed by atoms with Gasteiger partial charge in [-0.1, -0.05) is 6.07 Å². The van der Waals surface area contributed by atoms with Crippen LogP contribution in [0.15, 0.2) is 54.9 Å². The van der Waals surface area contributed by atoms with Crippen molar-refractivity contribution in [1.29, 1.82) is 0 Å². The van der Waals surface area contributed by atoms with Gasteiger partial charge in [-0.2, -0.15) is 0 Å². The van der Waals surface area contributed by atoms with Crippen LogP contribution in [0.3, 0.4) is 0 Å². The Hall–Kier alpha value is -4.29. The third kappa shape index (κ3) is 6.77. The van der Waals surface area contributed by atoms with Crippen molar-refractivity contribution in [3.8, 4) is 22.1 Å². The average molecular weight is 590 g/mol. The number of carbonyl (C=O) groups is 2. The van der Waals surface area contributed by atoms with E-state index in [0.29, 0.717) is 11.4 Å². The number of anilines is 1. The number of carbonyl (C=O) groups excluding carboxylic acids is 2. The fourth-order valence-electron chi connectivity index (χ4n) is 4.90. The number of halogens is 1. The van der Waals surface area contributed by atoms with Gasteiger partial charge in [0.15, 0.2) is 11.6 Å². The number of ether oxygens (including phenoxy) is 1. The molecule has 42 heavy (non-hydrogen) atoms. The summed E-state index contributed by atoms with van der Waals surface area (Å²) in [6.45, 7) is 2.63. The predicted octanol–water partition coefficient (Wildman–Crippen LogP) is 5.47. The van der Waals surface area contributed by atoms with Gasteiger partial charge in [0, 0.05) is 69.0 Å². The Kier molecular flexibility index (Phi) is 8.15. The fraction of sp³-hybridized carbons (Fsp3) is 0.333. The minimum absolute atomic E-state index is 0.0570. The predicted molar refractivity (Wildman–Crippen MR) is 160 cm³/mol. The summed E-state index contributed by atoms with van der Waals surface area (Å²) < 4.78 is 21.6. The first-order valence-electron chi connectivity index (χ1n) is 14.0. The van der Waals surface area contributed by atoms with Gasteiger partial charge in [-0.3, -0.25) is 14.9 Å². The van der Waals surface area contributed by atoms with Crippen LogP contribution in [0.2, 0.25) is 0 Å². The maximum atomic E-state index is 14.9. The second-order valence-electron chi connectivity index (χ2n) is 10.6. The number of nitrogens with zero attached hydrogens (tertiary/aromatic N) is 3. The van der Waals surface area contributed by atoms with Crippen LogP contribution in [0.1, 0.15) is 31.2 Å². The third-order valence-electron chi connectivity index (χ3n) is 7.33. The van der Waals surface area contributed by atoms with E-state index in [1.54, 1.807) is 25.4 Å². The van der Waals surface area contributed by atoms with Crippen LogP contribution >= 0.6 is 11.3 Å². The van der Waals surface area contributed by atoms with Crippen molar-refractivity contribution >= 4 is 39.3 Å². The van der Waals surface area contributed by atoms with Crippen molar-refractivity contribution in [2.45, 2.75) is 44.3 Å². The number of likely N-dealkylation sites (tertiary alicyclic amines) is 1. The molecule has 4 aromatic rings. The maximum absolute atomic E-state index is 14.9. The summed E-state index contributed by atoms with van der Waals surface area (Å²) in [5.74, 6) is -0.0278. The minimum Gasteiger partial charge on any atom is -0.453 e. The molecule has 0 bridgehead atoms. The van der Waals surface area contributed by atoms with Gasteiger partial charge in [0.25, 0.3) is 0 Å². The van der Waals surface area contributed by atoms with E-state index >= 15 is 0 Å². The Labute approximate surface area is 246 Å². The number of pyridine rings is 2. The van der Waals surface area contributed by atoms with Gasteiger partial charge < -0.3 is 26.0 Å². The molecule has 218 valence electrons. The molecule has 6 rings (SSSR count). The molecule has 1 saturated carbocycles. The van der Waals surface area contributed by atoms with Gasteiger partial charge in [-0.25, -0.2) is 14.0 Å². The lowest BCUT2D eigenvalue weighted by Crippen LogP contribution is -2.46. The Bertz CT molecular complexity index is 1580. The number of urea groups is 2. The molecular weight excluding hydrogens is 557 g/mol. The highest BCUT2D eigenvalue weighted by Crippen LogP contribution is 2.39. The number of amides is 4. The number of hydrogen-bond acceptors (Lipinski definition) is 7. The van der Waals surface area contributed by atoms with Crippen LogP contribution in [-0.4, -0.2) is 59.2 Å². The molecule has 3 aromatic heterocycles. The monoisotopic (exact) mass is 589 g/mol. The molecule has 2 fully saturated rings. The van der Waals surface area contributed by atoms with E-state index in [1.807, 2.05) is 18.3 Å². The minimum atomic E-state index is -0.579. The zero-order chi connectivity index (χ0) is 29.1. The van der Waals surface area contributed by atoms with E-state index in [0.717, 1.165) is 71.7 Å². The van der Waals surface area contributed by atoms with Crippen LogP contribution in [-0.2, 0) is 6.54 Å². The van der Waals surface area contributed by atoms with Gasteiger partial charge in [-0.05, 0) is 55.5 Å². The molecule has 1 saturated heterocycles. The summed E-state index contributed by atoms with van der Waals surface area (Å²) in [5, 5.41) is 11.1. The summed E-state index contributed by atoms with van der Waals surface area (Å²) >= 11 is 1.49. The highest BCUT2D eigenvalue weighted by molar-refractivity contribution is 7.22. The first-order chi connectivity index (χ1) is 20.4. The van der Waals surface area contributed by atoms with E-state index in [1.165, 1.54) is 23.5 Å².